The Kier molecular flexibility index (Phi) is 5.47. The van der Waals surface area contributed by atoms with E-state index in [2.05, 4.69) is 56.1 Å². The number of hydrogen-bond donors (Lipinski definition) is 1. The molecule has 0 aromatic heterocycles. The molecule has 2 heteroatoms. The van der Waals surface area contributed by atoms with Gasteiger partial charge in [-0.1, -0.05) is 31.5 Å². The van der Waals surface area contributed by atoms with Crippen LogP contribution in [-0.2, 0) is 6.54 Å². The number of hydrogen-bond acceptors (Lipinski definition) is 2. The van der Waals surface area contributed by atoms with Crippen molar-refractivity contribution in [2.24, 2.45) is 5.92 Å². The van der Waals surface area contributed by atoms with E-state index < -0.39 is 0 Å². The molecule has 0 bridgehead atoms. The first-order valence-corrected chi connectivity index (χ1v) is 8.20. The van der Waals surface area contributed by atoms with E-state index in [0.29, 0.717) is 6.04 Å². The Morgan fingerprint density at radius 2 is 2.10 bits per heavy atom. The van der Waals surface area contributed by atoms with Crippen LogP contribution in [0.5, 0.6) is 0 Å². The van der Waals surface area contributed by atoms with Crippen LogP contribution in [-0.4, -0.2) is 19.1 Å². The van der Waals surface area contributed by atoms with Gasteiger partial charge in [-0.25, -0.2) is 0 Å². The van der Waals surface area contributed by atoms with Crippen molar-refractivity contribution in [1.82, 2.24) is 5.32 Å². The Morgan fingerprint density at radius 1 is 1.30 bits per heavy atom. The van der Waals surface area contributed by atoms with E-state index >= 15 is 0 Å². The second kappa shape index (κ2) is 7.12. The van der Waals surface area contributed by atoms with Gasteiger partial charge >= 0.3 is 0 Å². The predicted molar refractivity (Wildman–Crippen MR) is 88.4 cm³/mol. The Balaban J connectivity index is 2.20. The van der Waals surface area contributed by atoms with Crippen molar-refractivity contribution < 1.29 is 0 Å². The minimum atomic E-state index is 0.649. The van der Waals surface area contributed by atoms with Crippen LogP contribution in [0, 0.1) is 12.8 Å². The van der Waals surface area contributed by atoms with Crippen molar-refractivity contribution in [1.29, 1.82) is 0 Å². The molecule has 1 N–H and O–H groups in total. The van der Waals surface area contributed by atoms with Crippen LogP contribution < -0.4 is 10.2 Å². The molecule has 2 atom stereocenters. The number of benzene rings is 1. The van der Waals surface area contributed by atoms with Crippen LogP contribution in [0.2, 0.25) is 0 Å². The van der Waals surface area contributed by atoms with Gasteiger partial charge in [0.05, 0.1) is 0 Å². The lowest BCUT2D eigenvalue weighted by Crippen LogP contribution is -2.43. The van der Waals surface area contributed by atoms with E-state index in [1.54, 1.807) is 0 Å². The fourth-order valence-corrected chi connectivity index (χ4v) is 3.21. The number of aryl methyl sites for hydroxylation is 1. The highest BCUT2D eigenvalue weighted by Crippen LogP contribution is 2.31. The molecule has 0 aliphatic carbocycles. The van der Waals surface area contributed by atoms with Crippen molar-refractivity contribution in [2.45, 2.75) is 59.5 Å². The maximum absolute atomic E-state index is 3.56. The largest absolute Gasteiger partial charge is 0.368 e. The van der Waals surface area contributed by atoms with Gasteiger partial charge < -0.3 is 10.2 Å². The van der Waals surface area contributed by atoms with Crippen molar-refractivity contribution in [3.8, 4) is 0 Å². The molecule has 2 rings (SSSR count). The van der Waals surface area contributed by atoms with E-state index in [9.17, 15) is 0 Å². The molecule has 0 radical (unpaired) electrons. The molecular formula is C18H30N2. The average molecular weight is 274 g/mol. The quantitative estimate of drug-likeness (QED) is 0.813. The van der Waals surface area contributed by atoms with Gasteiger partial charge in [0.1, 0.15) is 0 Å². The molecule has 1 fully saturated rings. The lowest BCUT2D eigenvalue weighted by atomic mass is 9.91. The summed E-state index contributed by atoms with van der Waals surface area (Å²) < 4.78 is 0. The van der Waals surface area contributed by atoms with Gasteiger partial charge in [0.2, 0.25) is 0 Å². The predicted octanol–water partition coefficient (Wildman–Crippen LogP) is 4.12. The molecule has 2 nitrogen and oxygen atoms in total. The normalized spacial score (nSPS) is 23.1. The summed E-state index contributed by atoms with van der Waals surface area (Å²) >= 11 is 0. The maximum atomic E-state index is 3.56. The van der Waals surface area contributed by atoms with E-state index in [0.717, 1.165) is 19.0 Å². The molecule has 1 aromatic rings. The molecule has 1 aliphatic heterocycles. The zero-order chi connectivity index (χ0) is 14.5. The van der Waals surface area contributed by atoms with Crippen LogP contribution in [0.4, 0.5) is 5.69 Å². The second-order valence-electron chi connectivity index (χ2n) is 6.36. The highest BCUT2D eigenvalue weighted by atomic mass is 15.2. The smallest absolute Gasteiger partial charge is 0.0414 e. The summed E-state index contributed by atoms with van der Waals surface area (Å²) in [4.78, 5) is 2.62. The average Bonchev–Trinajstić information content (AvgIpc) is 2.43. The standard InChI is InChI=1S/C18H30N2/c1-5-10-19-13-17-12-14(2)8-9-18(17)20-11-6-7-15(3)16(20)4/h8-9,12,15-16,19H,5-7,10-11,13H2,1-4H3. The third-order valence-electron chi connectivity index (χ3n) is 4.66. The van der Waals surface area contributed by atoms with Crippen molar-refractivity contribution in [3.63, 3.8) is 0 Å². The van der Waals surface area contributed by atoms with Crippen molar-refractivity contribution >= 4 is 5.69 Å². The Bertz CT molecular complexity index is 427. The molecule has 112 valence electrons. The van der Waals surface area contributed by atoms with E-state index in [1.165, 1.54) is 42.6 Å². The number of rotatable bonds is 5. The molecule has 0 saturated carbocycles. The molecule has 0 amide bonds. The summed E-state index contributed by atoms with van der Waals surface area (Å²) in [7, 11) is 0. The molecule has 1 saturated heterocycles. The molecule has 1 aliphatic rings. The number of nitrogens with one attached hydrogen (secondary N) is 1. The maximum Gasteiger partial charge on any atom is 0.0414 e. The second-order valence-corrected chi connectivity index (χ2v) is 6.36. The van der Waals surface area contributed by atoms with Gasteiger partial charge in [-0.3, -0.25) is 0 Å². The zero-order valence-corrected chi connectivity index (χ0v) is 13.6. The van der Waals surface area contributed by atoms with Gasteiger partial charge in [-0.15, -0.1) is 0 Å². The summed E-state index contributed by atoms with van der Waals surface area (Å²) in [6, 6.07) is 7.58. The summed E-state index contributed by atoms with van der Waals surface area (Å²) in [6.45, 7) is 12.5. The summed E-state index contributed by atoms with van der Waals surface area (Å²) in [6.07, 6.45) is 3.88. The van der Waals surface area contributed by atoms with Gasteiger partial charge in [0.15, 0.2) is 0 Å². The third kappa shape index (κ3) is 3.54. The number of anilines is 1. The first-order valence-electron chi connectivity index (χ1n) is 8.20. The molecule has 1 aromatic carbocycles. The third-order valence-corrected chi connectivity index (χ3v) is 4.66. The van der Waals surface area contributed by atoms with Crippen LogP contribution >= 0.6 is 0 Å². The van der Waals surface area contributed by atoms with E-state index in [1.807, 2.05) is 0 Å². The number of nitrogens with zero attached hydrogens (tertiary/aromatic N) is 1. The highest BCUT2D eigenvalue weighted by Gasteiger charge is 2.26. The van der Waals surface area contributed by atoms with Crippen molar-refractivity contribution in [3.05, 3.63) is 29.3 Å². The lowest BCUT2D eigenvalue weighted by molar-refractivity contribution is 0.363. The fourth-order valence-electron chi connectivity index (χ4n) is 3.21. The Hall–Kier alpha value is -1.02. The van der Waals surface area contributed by atoms with Crippen LogP contribution in [0.15, 0.2) is 18.2 Å². The van der Waals surface area contributed by atoms with Gasteiger partial charge in [0, 0.05) is 24.8 Å². The van der Waals surface area contributed by atoms with Gasteiger partial charge in [0.25, 0.3) is 0 Å². The summed E-state index contributed by atoms with van der Waals surface area (Å²) in [5.41, 5.74) is 4.26. The SMILES string of the molecule is CCCNCc1cc(C)ccc1N1CCCC(C)C1C. The van der Waals surface area contributed by atoms with E-state index in [-0.39, 0.29) is 0 Å². The first-order chi connectivity index (χ1) is 9.63. The van der Waals surface area contributed by atoms with Crippen LogP contribution in [0.1, 0.15) is 51.2 Å². The topological polar surface area (TPSA) is 15.3 Å². The molecule has 2 unspecified atom stereocenters. The zero-order valence-electron chi connectivity index (χ0n) is 13.6. The summed E-state index contributed by atoms with van der Waals surface area (Å²) in [5.74, 6) is 0.793. The molecular weight excluding hydrogens is 244 g/mol. The minimum absolute atomic E-state index is 0.649. The number of piperidine rings is 1. The summed E-state index contributed by atoms with van der Waals surface area (Å²) in [5, 5.41) is 3.56. The first kappa shape index (κ1) is 15.4. The molecule has 0 spiro atoms. The van der Waals surface area contributed by atoms with E-state index in [4.69, 9.17) is 0 Å². The highest BCUT2D eigenvalue weighted by molar-refractivity contribution is 5.56. The van der Waals surface area contributed by atoms with Crippen LogP contribution in [0.3, 0.4) is 0 Å². The lowest BCUT2D eigenvalue weighted by Gasteiger charge is -2.40. The minimum Gasteiger partial charge on any atom is -0.368 e. The van der Waals surface area contributed by atoms with Crippen LogP contribution in [0.25, 0.3) is 0 Å². The van der Waals surface area contributed by atoms with Gasteiger partial charge in [-0.05, 0) is 57.2 Å². The molecule has 20 heavy (non-hydrogen) atoms. The fraction of sp³-hybridized carbons (Fsp3) is 0.667. The monoisotopic (exact) mass is 274 g/mol. The Morgan fingerprint density at radius 3 is 2.85 bits per heavy atom. The molecule has 1 heterocycles. The van der Waals surface area contributed by atoms with Gasteiger partial charge in [-0.2, -0.15) is 0 Å². The van der Waals surface area contributed by atoms with Crippen molar-refractivity contribution in [2.75, 3.05) is 18.0 Å². The Labute approximate surface area is 124 Å².